The maximum Gasteiger partial charge on any atom is 0.0914 e. The van der Waals surface area contributed by atoms with Crippen molar-refractivity contribution in [3.8, 4) is 0 Å². The highest BCUT2D eigenvalue weighted by molar-refractivity contribution is 4.82. The zero-order chi connectivity index (χ0) is 8.27. The van der Waals surface area contributed by atoms with Crippen molar-refractivity contribution < 1.29 is 4.84 Å². The number of rotatable bonds is 3. The monoisotopic (exact) mass is 159 g/mol. The maximum atomic E-state index is 5.55. The van der Waals surface area contributed by atoms with Crippen LogP contribution in [-0.2, 0) is 4.84 Å². The fourth-order valence-electron chi connectivity index (χ4n) is 1.70. The van der Waals surface area contributed by atoms with E-state index in [1.54, 1.807) is 0 Å². The zero-order valence-electron chi connectivity index (χ0n) is 6.99. The van der Waals surface area contributed by atoms with E-state index in [1.807, 2.05) is 6.92 Å². The molecule has 4 heteroatoms. The highest BCUT2D eigenvalue weighted by Crippen LogP contribution is 2.19. The van der Waals surface area contributed by atoms with Crippen LogP contribution in [-0.4, -0.2) is 30.3 Å². The summed E-state index contributed by atoms with van der Waals surface area (Å²) in [7, 11) is 0. The minimum atomic E-state index is 0.0982. The Morgan fingerprint density at radius 2 is 2.45 bits per heavy atom. The van der Waals surface area contributed by atoms with E-state index in [-0.39, 0.29) is 6.10 Å². The molecule has 0 saturated carbocycles. The number of likely N-dealkylation sites (tertiary alicyclic amines) is 1. The van der Waals surface area contributed by atoms with Crippen LogP contribution in [0.1, 0.15) is 19.8 Å². The molecule has 1 fully saturated rings. The van der Waals surface area contributed by atoms with Crippen molar-refractivity contribution in [1.82, 2.24) is 4.90 Å². The molecule has 0 amide bonds. The van der Waals surface area contributed by atoms with E-state index in [0.717, 1.165) is 13.0 Å². The summed E-state index contributed by atoms with van der Waals surface area (Å²) in [5.41, 5.74) is 5.55. The molecule has 66 valence electrons. The molecule has 0 radical (unpaired) electrons. The van der Waals surface area contributed by atoms with Crippen molar-refractivity contribution in [3.63, 3.8) is 0 Å². The van der Waals surface area contributed by atoms with Crippen molar-refractivity contribution in [1.29, 1.82) is 0 Å². The molecule has 1 saturated heterocycles. The molecule has 1 aliphatic heterocycles. The lowest BCUT2D eigenvalue weighted by atomic mass is 10.1. The van der Waals surface area contributed by atoms with Gasteiger partial charge in [-0.05, 0) is 26.3 Å². The van der Waals surface area contributed by atoms with Gasteiger partial charge in [-0.2, -0.15) is 0 Å². The van der Waals surface area contributed by atoms with Crippen molar-refractivity contribution in [2.24, 2.45) is 11.6 Å². The predicted octanol–water partition coefficient (Wildman–Crippen LogP) is -0.354. The molecule has 0 spiro atoms. The highest BCUT2D eigenvalue weighted by Gasteiger charge is 2.28. The average molecular weight is 159 g/mol. The second-order valence-corrected chi connectivity index (χ2v) is 3.05. The van der Waals surface area contributed by atoms with E-state index in [1.165, 1.54) is 6.42 Å². The maximum absolute atomic E-state index is 5.55. The molecular weight excluding hydrogens is 142 g/mol. The van der Waals surface area contributed by atoms with E-state index in [9.17, 15) is 0 Å². The summed E-state index contributed by atoms with van der Waals surface area (Å²) in [5, 5.41) is 0. The molecule has 0 aliphatic carbocycles. The third-order valence-electron chi connectivity index (χ3n) is 2.41. The molecule has 2 unspecified atom stereocenters. The van der Waals surface area contributed by atoms with Gasteiger partial charge in [0.2, 0.25) is 0 Å². The van der Waals surface area contributed by atoms with Crippen LogP contribution in [0.25, 0.3) is 0 Å². The molecule has 1 rings (SSSR count). The van der Waals surface area contributed by atoms with Crippen molar-refractivity contribution in [3.05, 3.63) is 0 Å². The number of hydrogen-bond acceptors (Lipinski definition) is 4. The van der Waals surface area contributed by atoms with Crippen LogP contribution in [0.5, 0.6) is 0 Å². The van der Waals surface area contributed by atoms with Crippen LogP contribution < -0.4 is 11.6 Å². The first-order valence-corrected chi connectivity index (χ1v) is 4.09. The van der Waals surface area contributed by atoms with E-state index < -0.39 is 0 Å². The smallest absolute Gasteiger partial charge is 0.0914 e. The highest BCUT2D eigenvalue weighted by atomic mass is 16.6. The minimum Gasteiger partial charge on any atom is -0.318 e. The van der Waals surface area contributed by atoms with Gasteiger partial charge in [0.05, 0.1) is 6.10 Å². The second-order valence-electron chi connectivity index (χ2n) is 3.05. The lowest BCUT2D eigenvalue weighted by molar-refractivity contribution is 0.00953. The van der Waals surface area contributed by atoms with E-state index in [0.29, 0.717) is 12.7 Å². The van der Waals surface area contributed by atoms with Crippen LogP contribution in [0.15, 0.2) is 0 Å². The molecule has 11 heavy (non-hydrogen) atoms. The van der Waals surface area contributed by atoms with Crippen molar-refractivity contribution >= 4 is 0 Å². The standard InChI is InChI=1S/C7H17N3O/c1-6(11-9)7-3-2-4-10(7)5-8/h6-7H,2-5,8-9H2,1H3. The zero-order valence-corrected chi connectivity index (χ0v) is 6.99. The minimum absolute atomic E-state index is 0.0982. The lowest BCUT2D eigenvalue weighted by Gasteiger charge is -2.26. The summed E-state index contributed by atoms with van der Waals surface area (Å²) in [6.45, 7) is 3.67. The summed E-state index contributed by atoms with van der Waals surface area (Å²) in [6, 6.07) is 0.421. The first kappa shape index (κ1) is 8.93. The van der Waals surface area contributed by atoms with E-state index in [2.05, 4.69) is 4.90 Å². The molecule has 4 nitrogen and oxygen atoms in total. The van der Waals surface area contributed by atoms with Gasteiger partial charge in [0.15, 0.2) is 0 Å². The first-order valence-electron chi connectivity index (χ1n) is 4.09. The first-order chi connectivity index (χ1) is 5.29. The number of nitrogens with zero attached hydrogens (tertiary/aromatic N) is 1. The Kier molecular flexibility index (Phi) is 3.26. The van der Waals surface area contributed by atoms with E-state index >= 15 is 0 Å². The third-order valence-corrected chi connectivity index (χ3v) is 2.41. The molecule has 0 aromatic heterocycles. The molecule has 2 atom stereocenters. The van der Waals surface area contributed by atoms with Crippen LogP contribution in [0.3, 0.4) is 0 Å². The molecule has 0 bridgehead atoms. The van der Waals surface area contributed by atoms with Gasteiger partial charge in [-0.25, -0.2) is 5.90 Å². The largest absolute Gasteiger partial charge is 0.318 e. The van der Waals surface area contributed by atoms with Crippen LogP contribution in [0.2, 0.25) is 0 Å². The molecule has 1 heterocycles. The topological polar surface area (TPSA) is 64.5 Å². The third kappa shape index (κ3) is 1.90. The van der Waals surface area contributed by atoms with Gasteiger partial charge < -0.3 is 5.73 Å². The van der Waals surface area contributed by atoms with Crippen LogP contribution in [0, 0.1) is 0 Å². The molecule has 0 aromatic rings. The lowest BCUT2D eigenvalue weighted by Crippen LogP contribution is -2.42. The van der Waals surface area contributed by atoms with Crippen molar-refractivity contribution in [2.75, 3.05) is 13.2 Å². The summed E-state index contributed by atoms with van der Waals surface area (Å²) in [6.07, 6.45) is 2.45. The van der Waals surface area contributed by atoms with Crippen LogP contribution in [0.4, 0.5) is 0 Å². The Hall–Kier alpha value is -0.160. The quantitative estimate of drug-likeness (QED) is 0.552. The van der Waals surface area contributed by atoms with Gasteiger partial charge in [-0.1, -0.05) is 0 Å². The predicted molar refractivity (Wildman–Crippen MR) is 43.5 cm³/mol. The van der Waals surface area contributed by atoms with Gasteiger partial charge in [0.25, 0.3) is 0 Å². The Balaban J connectivity index is 2.42. The number of nitrogens with two attached hydrogens (primary N) is 2. The Labute approximate surface area is 67.4 Å². The molecular formula is C7H17N3O. The molecule has 1 aliphatic rings. The van der Waals surface area contributed by atoms with Gasteiger partial charge in [-0.15, -0.1) is 0 Å². The van der Waals surface area contributed by atoms with Gasteiger partial charge in [-0.3, -0.25) is 9.74 Å². The Morgan fingerprint density at radius 3 is 3.00 bits per heavy atom. The average Bonchev–Trinajstić information content (AvgIpc) is 2.50. The Bertz CT molecular complexity index is 120. The SMILES string of the molecule is CC(ON)C1CCCN1CN. The van der Waals surface area contributed by atoms with Gasteiger partial charge in [0.1, 0.15) is 0 Å². The van der Waals surface area contributed by atoms with Gasteiger partial charge >= 0.3 is 0 Å². The summed E-state index contributed by atoms with van der Waals surface area (Å²) in [4.78, 5) is 6.97. The Morgan fingerprint density at radius 1 is 1.73 bits per heavy atom. The number of hydrogen-bond donors (Lipinski definition) is 2. The molecule has 4 N–H and O–H groups in total. The molecule has 0 aromatic carbocycles. The summed E-state index contributed by atoms with van der Waals surface area (Å²) < 4.78 is 0. The van der Waals surface area contributed by atoms with E-state index in [4.69, 9.17) is 16.5 Å². The summed E-state index contributed by atoms with van der Waals surface area (Å²) in [5.74, 6) is 5.10. The van der Waals surface area contributed by atoms with Crippen molar-refractivity contribution in [2.45, 2.75) is 31.9 Å². The second kappa shape index (κ2) is 4.01. The van der Waals surface area contributed by atoms with Crippen LogP contribution >= 0.6 is 0 Å². The fourth-order valence-corrected chi connectivity index (χ4v) is 1.70. The fraction of sp³-hybridized carbons (Fsp3) is 1.00. The van der Waals surface area contributed by atoms with Gasteiger partial charge in [0, 0.05) is 12.7 Å². The summed E-state index contributed by atoms with van der Waals surface area (Å²) >= 11 is 0. The normalized spacial score (nSPS) is 29.2.